The zero-order valence-electron chi connectivity index (χ0n) is 9.41. The number of nitrogens with two attached hydrogens (primary N) is 1. The molecule has 0 aliphatic heterocycles. The van der Waals surface area contributed by atoms with Crippen LogP contribution in [0, 0.1) is 5.82 Å². The third kappa shape index (κ3) is 3.37. The number of hydrogen-bond donors (Lipinski definition) is 1. The molecule has 0 saturated carbocycles. The largest absolute Gasteiger partial charge is 0.324 e. The maximum absolute atomic E-state index is 13.2. The van der Waals surface area contributed by atoms with Crippen LogP contribution in [0.4, 0.5) is 4.39 Å². The average Bonchev–Trinajstić information content (AvgIpc) is 2.35. The van der Waals surface area contributed by atoms with E-state index in [0.717, 1.165) is 20.2 Å². The van der Waals surface area contributed by atoms with E-state index in [1.807, 2.05) is 12.1 Å². The van der Waals surface area contributed by atoms with Crippen molar-refractivity contribution in [1.29, 1.82) is 0 Å². The van der Waals surface area contributed by atoms with Crippen LogP contribution in [0.3, 0.4) is 0 Å². The second-order valence-corrected chi connectivity index (χ2v) is 5.71. The minimum absolute atomic E-state index is 0.285. The van der Waals surface area contributed by atoms with E-state index in [2.05, 4.69) is 36.8 Å². The van der Waals surface area contributed by atoms with Gasteiger partial charge in [-0.2, -0.15) is 0 Å². The Hall–Kier alpha value is -0.780. The van der Waals surface area contributed by atoms with Crippen molar-refractivity contribution in [2.75, 3.05) is 0 Å². The van der Waals surface area contributed by atoms with Crippen molar-refractivity contribution in [1.82, 2.24) is 4.98 Å². The molecular formula is C13H11Br2FN2. The molecule has 0 aliphatic carbocycles. The van der Waals surface area contributed by atoms with Gasteiger partial charge in [-0.3, -0.25) is 4.98 Å². The Morgan fingerprint density at radius 2 is 2.00 bits per heavy atom. The van der Waals surface area contributed by atoms with Crippen LogP contribution in [-0.4, -0.2) is 4.98 Å². The molecule has 1 aromatic carbocycles. The first kappa shape index (κ1) is 13.6. The van der Waals surface area contributed by atoms with E-state index in [1.165, 1.54) is 12.1 Å². The lowest BCUT2D eigenvalue weighted by atomic mass is 10.0. The van der Waals surface area contributed by atoms with E-state index in [-0.39, 0.29) is 11.9 Å². The number of benzene rings is 1. The maximum Gasteiger partial charge on any atom is 0.123 e. The van der Waals surface area contributed by atoms with Gasteiger partial charge in [0.1, 0.15) is 5.82 Å². The summed E-state index contributed by atoms with van der Waals surface area (Å²) in [5, 5.41) is 0. The highest BCUT2D eigenvalue weighted by atomic mass is 79.9. The molecule has 0 fully saturated rings. The summed E-state index contributed by atoms with van der Waals surface area (Å²) in [5.74, 6) is -0.285. The van der Waals surface area contributed by atoms with Crippen LogP contribution in [-0.2, 0) is 6.42 Å². The van der Waals surface area contributed by atoms with Gasteiger partial charge in [-0.25, -0.2) is 4.39 Å². The molecule has 5 heteroatoms. The molecule has 18 heavy (non-hydrogen) atoms. The van der Waals surface area contributed by atoms with Crippen LogP contribution in [0.15, 0.2) is 45.5 Å². The first-order valence-electron chi connectivity index (χ1n) is 5.37. The molecule has 2 nitrogen and oxygen atoms in total. The Kier molecular flexibility index (Phi) is 4.48. The van der Waals surface area contributed by atoms with Gasteiger partial charge in [0.05, 0.1) is 0 Å². The standard InChI is InChI=1S/C13H11Br2FN2/c14-8-1-3-10(18-7-8)6-13(17)11-5-9(16)2-4-12(11)15/h1-5,7,13H,6,17H2. The fourth-order valence-corrected chi connectivity index (χ4v) is 2.44. The van der Waals surface area contributed by atoms with E-state index >= 15 is 0 Å². The van der Waals surface area contributed by atoms with Crippen molar-refractivity contribution < 1.29 is 4.39 Å². The van der Waals surface area contributed by atoms with Crippen molar-refractivity contribution in [3.8, 4) is 0 Å². The molecule has 1 atom stereocenters. The van der Waals surface area contributed by atoms with E-state index in [9.17, 15) is 4.39 Å². The predicted molar refractivity (Wildman–Crippen MR) is 76.7 cm³/mol. The number of halogens is 3. The van der Waals surface area contributed by atoms with Gasteiger partial charge in [0, 0.05) is 33.3 Å². The molecule has 0 spiro atoms. The normalized spacial score (nSPS) is 12.4. The summed E-state index contributed by atoms with van der Waals surface area (Å²) in [5.41, 5.74) is 7.71. The van der Waals surface area contributed by atoms with Gasteiger partial charge >= 0.3 is 0 Å². The summed E-state index contributed by atoms with van der Waals surface area (Å²) >= 11 is 6.71. The quantitative estimate of drug-likeness (QED) is 0.883. The lowest BCUT2D eigenvalue weighted by Crippen LogP contribution is -2.15. The molecule has 2 rings (SSSR count). The van der Waals surface area contributed by atoms with E-state index in [1.54, 1.807) is 12.3 Å². The van der Waals surface area contributed by atoms with Crippen LogP contribution < -0.4 is 5.73 Å². The highest BCUT2D eigenvalue weighted by Gasteiger charge is 2.12. The zero-order chi connectivity index (χ0) is 13.1. The molecule has 2 N–H and O–H groups in total. The average molecular weight is 374 g/mol. The van der Waals surface area contributed by atoms with Crippen LogP contribution in [0.1, 0.15) is 17.3 Å². The van der Waals surface area contributed by atoms with Crippen LogP contribution in [0.25, 0.3) is 0 Å². The predicted octanol–water partition coefficient (Wildman–Crippen LogP) is 3.99. The maximum atomic E-state index is 13.2. The summed E-state index contributed by atoms with van der Waals surface area (Å²) in [4.78, 5) is 4.26. The van der Waals surface area contributed by atoms with Crippen molar-refractivity contribution >= 4 is 31.9 Å². The Morgan fingerprint density at radius 1 is 1.22 bits per heavy atom. The third-order valence-corrected chi connectivity index (χ3v) is 3.77. The van der Waals surface area contributed by atoms with Gasteiger partial charge in [0.25, 0.3) is 0 Å². The molecular weight excluding hydrogens is 363 g/mol. The number of rotatable bonds is 3. The number of nitrogens with zero attached hydrogens (tertiary/aromatic N) is 1. The SMILES string of the molecule is NC(Cc1ccc(Br)cn1)c1cc(F)ccc1Br. The third-order valence-electron chi connectivity index (χ3n) is 2.58. The van der Waals surface area contributed by atoms with Gasteiger partial charge in [-0.1, -0.05) is 15.9 Å². The zero-order valence-corrected chi connectivity index (χ0v) is 12.6. The molecule has 2 aromatic rings. The fraction of sp³-hybridized carbons (Fsp3) is 0.154. The topological polar surface area (TPSA) is 38.9 Å². The molecule has 0 amide bonds. The van der Waals surface area contributed by atoms with E-state index < -0.39 is 0 Å². The van der Waals surface area contributed by atoms with Crippen molar-refractivity contribution in [3.05, 3.63) is 62.5 Å². The molecule has 0 saturated heterocycles. The lowest BCUT2D eigenvalue weighted by Gasteiger charge is -2.13. The Morgan fingerprint density at radius 3 is 2.67 bits per heavy atom. The van der Waals surface area contributed by atoms with Gasteiger partial charge in [0.2, 0.25) is 0 Å². The van der Waals surface area contributed by atoms with E-state index in [4.69, 9.17) is 5.73 Å². The molecule has 1 heterocycles. The molecule has 94 valence electrons. The molecule has 1 aromatic heterocycles. The Balaban J connectivity index is 2.18. The second-order valence-electron chi connectivity index (χ2n) is 3.94. The Labute approximate surface area is 122 Å². The van der Waals surface area contributed by atoms with Crippen LogP contribution >= 0.6 is 31.9 Å². The summed E-state index contributed by atoms with van der Waals surface area (Å²) in [6, 6.07) is 8.04. The first-order valence-corrected chi connectivity index (χ1v) is 6.96. The minimum atomic E-state index is -0.288. The van der Waals surface area contributed by atoms with Gasteiger partial charge in [0.15, 0.2) is 0 Å². The monoisotopic (exact) mass is 372 g/mol. The number of hydrogen-bond acceptors (Lipinski definition) is 2. The summed E-state index contributed by atoms with van der Waals surface area (Å²) in [6.07, 6.45) is 2.29. The summed E-state index contributed by atoms with van der Waals surface area (Å²) < 4.78 is 14.9. The molecule has 0 radical (unpaired) electrons. The first-order chi connectivity index (χ1) is 8.56. The number of aromatic nitrogens is 1. The van der Waals surface area contributed by atoms with Gasteiger partial charge < -0.3 is 5.73 Å². The lowest BCUT2D eigenvalue weighted by molar-refractivity contribution is 0.616. The van der Waals surface area contributed by atoms with Crippen LogP contribution in [0.2, 0.25) is 0 Å². The summed E-state index contributed by atoms with van der Waals surface area (Å²) in [7, 11) is 0. The molecule has 0 bridgehead atoms. The number of pyridine rings is 1. The Bertz CT molecular complexity index is 543. The second kappa shape index (κ2) is 5.91. The molecule has 0 aliphatic rings. The highest BCUT2D eigenvalue weighted by Crippen LogP contribution is 2.25. The van der Waals surface area contributed by atoms with Crippen molar-refractivity contribution in [2.45, 2.75) is 12.5 Å². The molecule has 1 unspecified atom stereocenters. The van der Waals surface area contributed by atoms with Crippen LogP contribution in [0.5, 0.6) is 0 Å². The highest BCUT2D eigenvalue weighted by molar-refractivity contribution is 9.10. The van der Waals surface area contributed by atoms with Gasteiger partial charge in [-0.15, -0.1) is 0 Å². The van der Waals surface area contributed by atoms with Crippen molar-refractivity contribution in [3.63, 3.8) is 0 Å². The fourth-order valence-electron chi connectivity index (χ4n) is 1.66. The van der Waals surface area contributed by atoms with Gasteiger partial charge in [-0.05, 0) is 51.8 Å². The smallest absolute Gasteiger partial charge is 0.123 e. The van der Waals surface area contributed by atoms with Crippen molar-refractivity contribution in [2.24, 2.45) is 5.73 Å². The van der Waals surface area contributed by atoms with E-state index in [0.29, 0.717) is 6.42 Å². The minimum Gasteiger partial charge on any atom is -0.324 e. The summed E-state index contributed by atoms with van der Waals surface area (Å²) in [6.45, 7) is 0.